The van der Waals surface area contributed by atoms with Crippen molar-refractivity contribution in [1.82, 2.24) is 19.2 Å². The van der Waals surface area contributed by atoms with Crippen LogP contribution in [0.2, 0.25) is 0 Å². The minimum absolute atomic E-state index is 0.144. The molecule has 0 N–H and O–H groups in total. The van der Waals surface area contributed by atoms with Gasteiger partial charge in [-0.05, 0) is 31.7 Å². The highest BCUT2D eigenvalue weighted by Crippen LogP contribution is 2.32. The number of thiophene rings is 1. The van der Waals surface area contributed by atoms with Crippen LogP contribution in [0.3, 0.4) is 0 Å². The zero-order valence-electron chi connectivity index (χ0n) is 14.5. The Morgan fingerprint density at radius 2 is 2.16 bits per heavy atom. The molecule has 2 aliphatic rings. The summed E-state index contributed by atoms with van der Waals surface area (Å²) in [6, 6.07) is 4.05. The minimum Gasteiger partial charge on any atom is -0.364 e. The maximum absolute atomic E-state index is 12.5. The number of nitrogens with zero attached hydrogens (tertiary/aromatic N) is 4. The van der Waals surface area contributed by atoms with E-state index >= 15 is 0 Å². The molecule has 0 radical (unpaired) electrons. The second-order valence-corrected chi connectivity index (χ2v) is 8.19. The van der Waals surface area contributed by atoms with Crippen molar-refractivity contribution < 1.29 is 4.74 Å². The van der Waals surface area contributed by atoms with Crippen molar-refractivity contribution in [1.29, 1.82) is 0 Å². The van der Waals surface area contributed by atoms with Crippen molar-refractivity contribution >= 4 is 11.3 Å². The van der Waals surface area contributed by atoms with Crippen LogP contribution in [0.5, 0.6) is 0 Å². The summed E-state index contributed by atoms with van der Waals surface area (Å²) in [5.74, 6) is 0.542. The van der Waals surface area contributed by atoms with Gasteiger partial charge in [-0.15, -0.1) is 11.3 Å². The third-order valence-electron chi connectivity index (χ3n) is 4.97. The normalized spacial score (nSPS) is 23.5. The lowest BCUT2D eigenvalue weighted by Crippen LogP contribution is -2.53. The number of hydrogen-bond acceptors (Lipinski definition) is 6. The van der Waals surface area contributed by atoms with E-state index in [1.165, 1.54) is 14.1 Å². The van der Waals surface area contributed by atoms with Crippen molar-refractivity contribution in [2.24, 2.45) is 0 Å². The van der Waals surface area contributed by atoms with E-state index in [0.29, 0.717) is 12.4 Å². The van der Waals surface area contributed by atoms with Crippen molar-refractivity contribution in [2.75, 3.05) is 13.1 Å². The Morgan fingerprint density at radius 3 is 2.88 bits per heavy atom. The van der Waals surface area contributed by atoms with E-state index in [0.717, 1.165) is 26.1 Å². The summed E-state index contributed by atoms with van der Waals surface area (Å²) in [7, 11) is 0. The predicted octanol–water partition coefficient (Wildman–Crippen LogP) is 1.22. The average molecular weight is 362 g/mol. The van der Waals surface area contributed by atoms with Crippen molar-refractivity contribution in [3.8, 4) is 0 Å². The van der Waals surface area contributed by atoms with E-state index in [-0.39, 0.29) is 12.6 Å². The van der Waals surface area contributed by atoms with Crippen molar-refractivity contribution in [3.63, 3.8) is 0 Å². The molecule has 1 saturated heterocycles. The minimum atomic E-state index is -0.552. The summed E-state index contributed by atoms with van der Waals surface area (Å²) < 4.78 is 8.94. The molecule has 25 heavy (non-hydrogen) atoms. The van der Waals surface area contributed by atoms with E-state index < -0.39 is 16.7 Å². The molecule has 4 rings (SSSR count). The number of fused-ring (bicyclic) bond motifs is 1. The van der Waals surface area contributed by atoms with Gasteiger partial charge in [0.25, 0.3) is 0 Å². The van der Waals surface area contributed by atoms with Gasteiger partial charge in [-0.25, -0.2) is 4.68 Å². The largest absolute Gasteiger partial charge is 0.364 e. The number of aromatic nitrogens is 3. The first-order valence-corrected chi connectivity index (χ1v) is 9.47. The lowest BCUT2D eigenvalue weighted by molar-refractivity contribution is -0.0859. The summed E-state index contributed by atoms with van der Waals surface area (Å²) in [4.78, 5) is 28.5. The van der Waals surface area contributed by atoms with Gasteiger partial charge >= 0.3 is 11.1 Å². The first-order valence-electron chi connectivity index (χ1n) is 8.59. The molecule has 0 amide bonds. The predicted molar refractivity (Wildman–Crippen MR) is 94.9 cm³/mol. The Hall–Kier alpha value is -1.77. The van der Waals surface area contributed by atoms with Crippen molar-refractivity contribution in [2.45, 2.75) is 51.6 Å². The Balaban J connectivity index is 1.58. The van der Waals surface area contributed by atoms with E-state index in [1.807, 2.05) is 13.8 Å². The van der Waals surface area contributed by atoms with Gasteiger partial charge in [0, 0.05) is 24.5 Å². The van der Waals surface area contributed by atoms with Crippen LogP contribution in [-0.2, 0) is 24.4 Å². The topological polar surface area (TPSA) is 69.4 Å². The van der Waals surface area contributed by atoms with Gasteiger partial charge < -0.3 is 4.74 Å². The molecule has 1 spiro atoms. The molecule has 2 aromatic heterocycles. The highest BCUT2D eigenvalue weighted by molar-refractivity contribution is 7.09. The SMILES string of the molecule is CC(C)n1nc2n(c(=O)c1=O)C[C@@]1(CCN(Cc3cccs3)C1)OC2. The van der Waals surface area contributed by atoms with E-state index in [9.17, 15) is 9.59 Å². The Bertz CT molecular complexity index is 886. The number of rotatable bonds is 3. The number of hydrogen-bond donors (Lipinski definition) is 0. The fourth-order valence-corrected chi connectivity index (χ4v) is 4.40. The third kappa shape index (κ3) is 2.98. The van der Waals surface area contributed by atoms with Gasteiger partial charge in [-0.2, -0.15) is 5.10 Å². The van der Waals surface area contributed by atoms with Crippen LogP contribution in [0.15, 0.2) is 27.1 Å². The smallest absolute Gasteiger partial charge is 0.332 e. The first-order chi connectivity index (χ1) is 12.0. The fraction of sp³-hybridized carbons (Fsp3) is 0.588. The van der Waals surface area contributed by atoms with Crippen LogP contribution in [0.1, 0.15) is 37.0 Å². The Labute approximate surface area is 149 Å². The molecule has 0 unspecified atom stereocenters. The third-order valence-corrected chi connectivity index (χ3v) is 5.83. The maximum atomic E-state index is 12.5. The van der Waals surface area contributed by atoms with E-state index in [4.69, 9.17) is 4.74 Å². The monoisotopic (exact) mass is 362 g/mol. The number of ether oxygens (including phenoxy) is 1. The van der Waals surface area contributed by atoms with Gasteiger partial charge in [0.1, 0.15) is 12.2 Å². The summed E-state index contributed by atoms with van der Waals surface area (Å²) >= 11 is 1.75. The van der Waals surface area contributed by atoms with Crippen LogP contribution >= 0.6 is 11.3 Å². The van der Waals surface area contributed by atoms with Gasteiger partial charge in [-0.3, -0.25) is 19.1 Å². The van der Waals surface area contributed by atoms with Crippen LogP contribution in [0.4, 0.5) is 0 Å². The lowest BCUT2D eigenvalue weighted by Gasteiger charge is -2.35. The molecule has 1 fully saturated rings. The summed E-state index contributed by atoms with van der Waals surface area (Å²) in [6.45, 7) is 6.96. The van der Waals surface area contributed by atoms with E-state index in [1.54, 1.807) is 11.3 Å². The summed E-state index contributed by atoms with van der Waals surface area (Å²) in [5.41, 5.74) is -1.44. The molecule has 134 valence electrons. The van der Waals surface area contributed by atoms with E-state index in [2.05, 4.69) is 27.5 Å². The molecule has 0 aromatic carbocycles. The number of likely N-dealkylation sites (tertiary alicyclic amines) is 1. The second-order valence-electron chi connectivity index (χ2n) is 7.16. The zero-order valence-corrected chi connectivity index (χ0v) is 15.3. The second kappa shape index (κ2) is 6.19. The molecular weight excluding hydrogens is 340 g/mol. The highest BCUT2D eigenvalue weighted by Gasteiger charge is 2.43. The maximum Gasteiger partial charge on any atom is 0.332 e. The van der Waals surface area contributed by atoms with Gasteiger partial charge in [0.15, 0.2) is 5.82 Å². The van der Waals surface area contributed by atoms with Crippen molar-refractivity contribution in [3.05, 3.63) is 48.9 Å². The van der Waals surface area contributed by atoms with Crippen LogP contribution in [0, 0.1) is 0 Å². The van der Waals surface area contributed by atoms with Gasteiger partial charge in [-0.1, -0.05) is 6.07 Å². The van der Waals surface area contributed by atoms with Crippen LogP contribution < -0.4 is 11.1 Å². The molecule has 7 nitrogen and oxygen atoms in total. The lowest BCUT2D eigenvalue weighted by atomic mass is 10.0. The van der Waals surface area contributed by atoms with Gasteiger partial charge in [0.05, 0.1) is 12.6 Å². The molecule has 2 aromatic rings. The molecule has 0 aliphatic carbocycles. The standard InChI is InChI=1S/C17H22N4O3S/c1-12(2)21-16(23)15(22)20-11-17(24-9-14(20)18-21)5-6-19(10-17)8-13-4-3-7-25-13/h3-4,7,12H,5-6,8-11H2,1-2H3/t17-/m0/s1. The Morgan fingerprint density at radius 1 is 1.32 bits per heavy atom. The first kappa shape index (κ1) is 16.7. The molecule has 2 aliphatic heterocycles. The van der Waals surface area contributed by atoms with Gasteiger partial charge in [0.2, 0.25) is 0 Å². The average Bonchev–Trinajstić information content (AvgIpc) is 3.22. The quantitative estimate of drug-likeness (QED) is 0.768. The van der Waals surface area contributed by atoms with Crippen LogP contribution in [0.25, 0.3) is 0 Å². The molecule has 4 heterocycles. The molecule has 0 bridgehead atoms. The highest BCUT2D eigenvalue weighted by atomic mass is 32.1. The molecule has 1 atom stereocenters. The molecule has 0 saturated carbocycles. The summed E-state index contributed by atoms with van der Waals surface area (Å²) in [5, 5.41) is 6.42. The summed E-state index contributed by atoms with van der Waals surface area (Å²) in [6.07, 6.45) is 0.859. The molecular formula is C17H22N4O3S. The zero-order chi connectivity index (χ0) is 17.6. The van der Waals surface area contributed by atoms with Crippen LogP contribution in [-0.4, -0.2) is 37.9 Å². The fourth-order valence-electron chi connectivity index (χ4n) is 3.66. The molecule has 8 heteroatoms. The Kier molecular flexibility index (Phi) is 4.13.